The van der Waals surface area contributed by atoms with Crippen molar-refractivity contribution in [3.8, 4) is 0 Å². The topological polar surface area (TPSA) is 50.8 Å². The van der Waals surface area contributed by atoms with E-state index in [0.717, 1.165) is 45.7 Å². The zero-order valence-electron chi connectivity index (χ0n) is 12.3. The molecular formula is C14H26N2O3. The van der Waals surface area contributed by atoms with Crippen LogP contribution in [0.4, 0.5) is 4.79 Å². The molecule has 2 heterocycles. The van der Waals surface area contributed by atoms with Crippen molar-refractivity contribution in [2.75, 3.05) is 32.8 Å². The van der Waals surface area contributed by atoms with Gasteiger partial charge in [0.15, 0.2) is 0 Å². The Hall–Kier alpha value is -0.810. The molecule has 1 atom stereocenters. The summed E-state index contributed by atoms with van der Waals surface area (Å²) >= 11 is 0. The normalized spacial score (nSPS) is 26.3. The van der Waals surface area contributed by atoms with Gasteiger partial charge in [-0.15, -0.1) is 0 Å². The van der Waals surface area contributed by atoms with Crippen LogP contribution in [0.2, 0.25) is 0 Å². The van der Waals surface area contributed by atoms with Gasteiger partial charge in [0, 0.05) is 32.8 Å². The van der Waals surface area contributed by atoms with Crippen LogP contribution >= 0.6 is 0 Å². The van der Waals surface area contributed by atoms with Gasteiger partial charge in [0.2, 0.25) is 0 Å². The number of carbonyl (C=O) groups excluding carboxylic acids is 1. The molecule has 0 radical (unpaired) electrons. The molecule has 2 aliphatic rings. The summed E-state index contributed by atoms with van der Waals surface area (Å²) in [5.41, 5.74) is -0.428. The maximum Gasteiger partial charge on any atom is 0.410 e. The number of hydrogen-bond acceptors (Lipinski definition) is 4. The third-order valence-corrected chi connectivity index (χ3v) is 3.72. The van der Waals surface area contributed by atoms with Crippen molar-refractivity contribution in [3.05, 3.63) is 0 Å². The van der Waals surface area contributed by atoms with Crippen LogP contribution in [0.3, 0.4) is 0 Å². The molecule has 0 saturated carbocycles. The number of amides is 1. The molecule has 2 aliphatic heterocycles. The van der Waals surface area contributed by atoms with Gasteiger partial charge in [-0.05, 0) is 39.5 Å². The molecule has 0 aliphatic carbocycles. The molecule has 2 saturated heterocycles. The van der Waals surface area contributed by atoms with Crippen LogP contribution in [0.5, 0.6) is 0 Å². The van der Waals surface area contributed by atoms with Crippen LogP contribution in [0, 0.1) is 5.92 Å². The lowest BCUT2D eigenvalue weighted by Gasteiger charge is -2.42. The summed E-state index contributed by atoms with van der Waals surface area (Å²) in [5.74, 6) is 0.522. The molecular weight excluding hydrogens is 244 g/mol. The average molecular weight is 270 g/mol. The van der Waals surface area contributed by atoms with E-state index in [1.807, 2.05) is 25.7 Å². The molecule has 0 bridgehead atoms. The maximum atomic E-state index is 12.3. The SMILES string of the molecule is CC(C)(C)OC(=O)N1CCNC[C@@H]1C1CCOCC1. The van der Waals surface area contributed by atoms with Gasteiger partial charge in [0.25, 0.3) is 0 Å². The van der Waals surface area contributed by atoms with Crippen molar-refractivity contribution in [1.82, 2.24) is 10.2 Å². The number of nitrogens with zero attached hydrogens (tertiary/aromatic N) is 1. The van der Waals surface area contributed by atoms with Crippen LogP contribution in [-0.4, -0.2) is 55.5 Å². The molecule has 110 valence electrons. The standard InChI is InChI=1S/C14H26N2O3/c1-14(2,3)19-13(17)16-7-6-15-10-12(16)11-4-8-18-9-5-11/h11-12,15H,4-10H2,1-3H3/t12-/m1/s1. The number of rotatable bonds is 1. The molecule has 0 spiro atoms. The number of nitrogens with one attached hydrogen (secondary N) is 1. The van der Waals surface area contributed by atoms with Crippen LogP contribution in [0.1, 0.15) is 33.6 Å². The van der Waals surface area contributed by atoms with Gasteiger partial charge >= 0.3 is 6.09 Å². The molecule has 5 nitrogen and oxygen atoms in total. The molecule has 0 aromatic carbocycles. The monoisotopic (exact) mass is 270 g/mol. The Labute approximate surface area is 115 Å². The second kappa shape index (κ2) is 6.09. The highest BCUT2D eigenvalue weighted by Crippen LogP contribution is 2.25. The first-order valence-corrected chi connectivity index (χ1v) is 7.25. The Morgan fingerprint density at radius 3 is 2.63 bits per heavy atom. The van der Waals surface area contributed by atoms with Gasteiger partial charge in [-0.3, -0.25) is 0 Å². The maximum absolute atomic E-state index is 12.3. The minimum atomic E-state index is -0.428. The molecule has 0 unspecified atom stereocenters. The number of carbonyl (C=O) groups is 1. The van der Waals surface area contributed by atoms with Gasteiger partial charge < -0.3 is 19.7 Å². The van der Waals surface area contributed by atoms with E-state index >= 15 is 0 Å². The van der Waals surface area contributed by atoms with E-state index in [1.54, 1.807) is 0 Å². The second-order valence-electron chi connectivity index (χ2n) is 6.40. The summed E-state index contributed by atoms with van der Waals surface area (Å²) in [7, 11) is 0. The molecule has 1 N–H and O–H groups in total. The molecule has 5 heteroatoms. The highest BCUT2D eigenvalue weighted by atomic mass is 16.6. The van der Waals surface area contributed by atoms with E-state index in [4.69, 9.17) is 9.47 Å². The van der Waals surface area contributed by atoms with Crippen molar-refractivity contribution in [2.45, 2.75) is 45.3 Å². The predicted molar refractivity (Wildman–Crippen MR) is 73.1 cm³/mol. The molecule has 0 aromatic rings. The fourth-order valence-electron chi connectivity index (χ4n) is 2.79. The lowest BCUT2D eigenvalue weighted by molar-refractivity contribution is -0.0128. The Morgan fingerprint density at radius 2 is 2.00 bits per heavy atom. The van der Waals surface area contributed by atoms with Crippen LogP contribution < -0.4 is 5.32 Å². The van der Waals surface area contributed by atoms with Gasteiger partial charge in [-0.2, -0.15) is 0 Å². The van der Waals surface area contributed by atoms with Crippen LogP contribution in [0.15, 0.2) is 0 Å². The van der Waals surface area contributed by atoms with E-state index in [-0.39, 0.29) is 12.1 Å². The summed E-state index contributed by atoms with van der Waals surface area (Å²) in [6.07, 6.45) is 1.89. The first-order chi connectivity index (χ1) is 8.97. The fourth-order valence-corrected chi connectivity index (χ4v) is 2.79. The number of piperazine rings is 1. The quantitative estimate of drug-likeness (QED) is 0.786. The van der Waals surface area contributed by atoms with Crippen molar-refractivity contribution in [1.29, 1.82) is 0 Å². The second-order valence-corrected chi connectivity index (χ2v) is 6.40. The van der Waals surface area contributed by atoms with Gasteiger partial charge in [0.1, 0.15) is 5.60 Å². The van der Waals surface area contributed by atoms with Crippen molar-refractivity contribution in [2.24, 2.45) is 5.92 Å². The Morgan fingerprint density at radius 1 is 1.32 bits per heavy atom. The molecule has 19 heavy (non-hydrogen) atoms. The van der Waals surface area contributed by atoms with Crippen molar-refractivity contribution in [3.63, 3.8) is 0 Å². The zero-order chi connectivity index (χ0) is 13.9. The van der Waals surface area contributed by atoms with E-state index in [2.05, 4.69) is 5.32 Å². The first-order valence-electron chi connectivity index (χ1n) is 7.25. The highest BCUT2D eigenvalue weighted by molar-refractivity contribution is 5.68. The van der Waals surface area contributed by atoms with Gasteiger partial charge in [0.05, 0.1) is 6.04 Å². The van der Waals surface area contributed by atoms with E-state index in [9.17, 15) is 4.79 Å². The summed E-state index contributed by atoms with van der Waals surface area (Å²) in [4.78, 5) is 14.2. The largest absolute Gasteiger partial charge is 0.444 e. The smallest absolute Gasteiger partial charge is 0.410 e. The lowest BCUT2D eigenvalue weighted by Crippen LogP contribution is -2.58. The highest BCUT2D eigenvalue weighted by Gasteiger charge is 2.35. The minimum Gasteiger partial charge on any atom is -0.444 e. The van der Waals surface area contributed by atoms with E-state index in [0.29, 0.717) is 5.92 Å². The lowest BCUT2D eigenvalue weighted by atomic mass is 9.89. The van der Waals surface area contributed by atoms with E-state index in [1.165, 1.54) is 0 Å². The first kappa shape index (κ1) is 14.6. The number of ether oxygens (including phenoxy) is 2. The van der Waals surface area contributed by atoms with Crippen molar-refractivity contribution >= 4 is 6.09 Å². The predicted octanol–water partition coefficient (Wildman–Crippen LogP) is 1.62. The average Bonchev–Trinajstić information content (AvgIpc) is 2.38. The third-order valence-electron chi connectivity index (χ3n) is 3.72. The van der Waals surface area contributed by atoms with Gasteiger partial charge in [-0.25, -0.2) is 4.79 Å². The summed E-state index contributed by atoms with van der Waals surface area (Å²) < 4.78 is 10.9. The Bertz CT molecular complexity index is 308. The molecule has 2 fully saturated rings. The van der Waals surface area contributed by atoms with Crippen LogP contribution in [-0.2, 0) is 9.47 Å². The summed E-state index contributed by atoms with van der Waals surface area (Å²) in [6.45, 7) is 9.80. The third kappa shape index (κ3) is 4.08. The molecule has 1 amide bonds. The van der Waals surface area contributed by atoms with Gasteiger partial charge in [-0.1, -0.05) is 0 Å². The minimum absolute atomic E-state index is 0.175. The summed E-state index contributed by atoms with van der Waals surface area (Å²) in [6, 6.07) is 0.243. The Kier molecular flexibility index (Phi) is 4.68. The fraction of sp³-hybridized carbons (Fsp3) is 0.929. The number of hydrogen-bond donors (Lipinski definition) is 1. The van der Waals surface area contributed by atoms with Crippen LogP contribution in [0.25, 0.3) is 0 Å². The van der Waals surface area contributed by atoms with E-state index < -0.39 is 5.60 Å². The molecule has 2 rings (SSSR count). The Balaban J connectivity index is 2.00. The molecule has 0 aromatic heterocycles. The van der Waals surface area contributed by atoms with Crippen molar-refractivity contribution < 1.29 is 14.3 Å². The summed E-state index contributed by atoms with van der Waals surface area (Å²) in [5, 5.41) is 3.39. The zero-order valence-corrected chi connectivity index (χ0v) is 12.3.